The van der Waals surface area contributed by atoms with Gasteiger partial charge in [-0.25, -0.2) is 0 Å². The molecule has 0 saturated carbocycles. The fourth-order valence-electron chi connectivity index (χ4n) is 2.15. The third-order valence-corrected chi connectivity index (χ3v) is 4.31. The van der Waals surface area contributed by atoms with Crippen molar-refractivity contribution in [3.05, 3.63) is 52.2 Å². The predicted octanol–water partition coefficient (Wildman–Crippen LogP) is 4.16. The zero-order valence-electron chi connectivity index (χ0n) is 13.6. The first-order chi connectivity index (χ1) is 11.7. The van der Waals surface area contributed by atoms with Crippen molar-refractivity contribution < 1.29 is 22.8 Å². The molecular weight excluding hydrogens is 353 g/mol. The SMILES string of the molecule is CC(C)[C@@H](NC(=O)c1cccs1)C(=O)Nc1cccc(C(F)(F)F)c1. The van der Waals surface area contributed by atoms with Crippen molar-refractivity contribution in [2.75, 3.05) is 5.32 Å². The molecule has 0 spiro atoms. The first-order valence-corrected chi connectivity index (χ1v) is 8.39. The van der Waals surface area contributed by atoms with E-state index in [1.807, 2.05) is 0 Å². The number of benzene rings is 1. The average Bonchev–Trinajstić information content (AvgIpc) is 3.06. The molecule has 1 heterocycles. The van der Waals surface area contributed by atoms with Gasteiger partial charge in [-0.05, 0) is 35.6 Å². The van der Waals surface area contributed by atoms with Gasteiger partial charge in [0.05, 0.1) is 10.4 Å². The minimum absolute atomic E-state index is 0.0239. The number of carbonyl (C=O) groups is 2. The summed E-state index contributed by atoms with van der Waals surface area (Å²) in [6.45, 7) is 3.48. The van der Waals surface area contributed by atoms with Crippen LogP contribution in [0.15, 0.2) is 41.8 Å². The quantitative estimate of drug-likeness (QED) is 0.830. The summed E-state index contributed by atoms with van der Waals surface area (Å²) in [5.41, 5.74) is -0.829. The van der Waals surface area contributed by atoms with Gasteiger partial charge in [0.15, 0.2) is 0 Å². The van der Waals surface area contributed by atoms with Crippen molar-refractivity contribution in [3.8, 4) is 0 Å². The number of thiophene rings is 1. The Labute approximate surface area is 147 Å². The molecule has 1 aromatic carbocycles. The highest BCUT2D eigenvalue weighted by Crippen LogP contribution is 2.30. The molecule has 2 aromatic rings. The predicted molar refractivity (Wildman–Crippen MR) is 90.5 cm³/mol. The lowest BCUT2D eigenvalue weighted by atomic mass is 10.0. The van der Waals surface area contributed by atoms with Crippen LogP contribution in [0.25, 0.3) is 0 Å². The lowest BCUT2D eigenvalue weighted by Gasteiger charge is -2.21. The molecule has 2 rings (SSSR count). The van der Waals surface area contributed by atoms with E-state index in [1.54, 1.807) is 31.4 Å². The molecule has 0 aliphatic rings. The highest BCUT2D eigenvalue weighted by Gasteiger charge is 2.31. The fourth-order valence-corrected chi connectivity index (χ4v) is 2.78. The molecular formula is C17H17F3N2O2S. The third-order valence-electron chi connectivity index (χ3n) is 3.44. The highest BCUT2D eigenvalue weighted by molar-refractivity contribution is 7.12. The molecule has 0 bridgehead atoms. The average molecular weight is 370 g/mol. The Hall–Kier alpha value is -2.35. The first-order valence-electron chi connectivity index (χ1n) is 7.51. The number of rotatable bonds is 5. The van der Waals surface area contributed by atoms with E-state index in [1.165, 1.54) is 23.5 Å². The standard InChI is InChI=1S/C17H17F3N2O2S/c1-10(2)14(22-15(23)13-7-4-8-25-13)16(24)21-12-6-3-5-11(9-12)17(18,19)20/h3-10,14H,1-2H3,(H,21,24)(H,22,23)/t14-/m1/s1. The highest BCUT2D eigenvalue weighted by atomic mass is 32.1. The number of hydrogen-bond donors (Lipinski definition) is 2. The van der Waals surface area contributed by atoms with Crippen LogP contribution >= 0.6 is 11.3 Å². The molecule has 0 aliphatic heterocycles. The van der Waals surface area contributed by atoms with Gasteiger partial charge in [-0.2, -0.15) is 13.2 Å². The van der Waals surface area contributed by atoms with Crippen LogP contribution in [0.4, 0.5) is 18.9 Å². The Morgan fingerprint density at radius 2 is 1.84 bits per heavy atom. The van der Waals surface area contributed by atoms with Gasteiger partial charge in [0.1, 0.15) is 6.04 Å². The molecule has 0 aliphatic carbocycles. The number of amides is 2. The van der Waals surface area contributed by atoms with Gasteiger partial charge in [-0.1, -0.05) is 26.0 Å². The Kier molecular flexibility index (Phi) is 5.84. The van der Waals surface area contributed by atoms with Crippen LogP contribution in [0.5, 0.6) is 0 Å². The molecule has 0 saturated heterocycles. The molecule has 0 radical (unpaired) electrons. The summed E-state index contributed by atoms with van der Waals surface area (Å²) in [5, 5.41) is 6.80. The number of anilines is 1. The van der Waals surface area contributed by atoms with Gasteiger partial charge in [-0.15, -0.1) is 11.3 Å². The van der Waals surface area contributed by atoms with E-state index >= 15 is 0 Å². The molecule has 1 atom stereocenters. The molecule has 1 aromatic heterocycles. The van der Waals surface area contributed by atoms with Gasteiger partial charge < -0.3 is 10.6 Å². The van der Waals surface area contributed by atoms with Gasteiger partial charge in [0.2, 0.25) is 5.91 Å². The van der Waals surface area contributed by atoms with E-state index in [2.05, 4.69) is 10.6 Å². The van der Waals surface area contributed by atoms with Crippen molar-refractivity contribution in [1.82, 2.24) is 5.32 Å². The number of carbonyl (C=O) groups excluding carboxylic acids is 2. The number of alkyl halides is 3. The Morgan fingerprint density at radius 1 is 1.12 bits per heavy atom. The van der Waals surface area contributed by atoms with Gasteiger partial charge in [-0.3, -0.25) is 9.59 Å². The van der Waals surface area contributed by atoms with E-state index in [9.17, 15) is 22.8 Å². The summed E-state index contributed by atoms with van der Waals surface area (Å²) in [4.78, 5) is 25.0. The second-order valence-corrected chi connectivity index (χ2v) is 6.69. The third kappa shape index (κ3) is 5.06. The number of hydrogen-bond acceptors (Lipinski definition) is 3. The van der Waals surface area contributed by atoms with E-state index in [0.29, 0.717) is 4.88 Å². The molecule has 0 fully saturated rings. The number of halogens is 3. The maximum Gasteiger partial charge on any atom is 0.416 e. The summed E-state index contributed by atoms with van der Waals surface area (Å²) in [6.07, 6.45) is -4.49. The second kappa shape index (κ2) is 7.69. The Bertz CT molecular complexity index is 743. The zero-order valence-corrected chi connectivity index (χ0v) is 14.4. The summed E-state index contributed by atoms with van der Waals surface area (Å²) >= 11 is 1.24. The maximum atomic E-state index is 12.8. The Balaban J connectivity index is 2.12. The minimum atomic E-state index is -4.49. The lowest BCUT2D eigenvalue weighted by Crippen LogP contribution is -2.46. The van der Waals surface area contributed by atoms with Crippen molar-refractivity contribution in [2.45, 2.75) is 26.1 Å². The second-order valence-electron chi connectivity index (χ2n) is 5.74. The minimum Gasteiger partial charge on any atom is -0.339 e. The van der Waals surface area contributed by atoms with E-state index in [-0.39, 0.29) is 11.6 Å². The van der Waals surface area contributed by atoms with Crippen LogP contribution in [0, 0.1) is 5.92 Å². The van der Waals surface area contributed by atoms with Crippen LogP contribution in [-0.4, -0.2) is 17.9 Å². The fraction of sp³-hybridized carbons (Fsp3) is 0.294. The van der Waals surface area contributed by atoms with Crippen LogP contribution < -0.4 is 10.6 Å². The van der Waals surface area contributed by atoms with Crippen molar-refractivity contribution in [1.29, 1.82) is 0 Å². The van der Waals surface area contributed by atoms with Crippen molar-refractivity contribution in [3.63, 3.8) is 0 Å². The van der Waals surface area contributed by atoms with Crippen molar-refractivity contribution >= 4 is 28.8 Å². The topological polar surface area (TPSA) is 58.2 Å². The molecule has 2 amide bonds. The summed E-state index contributed by atoms with van der Waals surface area (Å²) in [6, 6.07) is 6.84. The smallest absolute Gasteiger partial charge is 0.339 e. The molecule has 0 unspecified atom stereocenters. The molecule has 2 N–H and O–H groups in total. The zero-order chi connectivity index (χ0) is 18.6. The molecule has 25 heavy (non-hydrogen) atoms. The van der Waals surface area contributed by atoms with Crippen molar-refractivity contribution in [2.24, 2.45) is 5.92 Å². The van der Waals surface area contributed by atoms with E-state index in [4.69, 9.17) is 0 Å². The van der Waals surface area contributed by atoms with Crippen LogP contribution in [0.3, 0.4) is 0 Å². The molecule has 4 nitrogen and oxygen atoms in total. The van der Waals surface area contributed by atoms with E-state index < -0.39 is 29.6 Å². The van der Waals surface area contributed by atoms with Gasteiger partial charge >= 0.3 is 6.18 Å². The molecule has 134 valence electrons. The summed E-state index contributed by atoms with van der Waals surface area (Å²) in [7, 11) is 0. The monoisotopic (exact) mass is 370 g/mol. The lowest BCUT2D eigenvalue weighted by molar-refractivity contribution is -0.137. The number of nitrogens with one attached hydrogen (secondary N) is 2. The molecule has 8 heteroatoms. The van der Waals surface area contributed by atoms with Gasteiger partial charge in [0, 0.05) is 5.69 Å². The largest absolute Gasteiger partial charge is 0.416 e. The van der Waals surface area contributed by atoms with Crippen LogP contribution in [0.1, 0.15) is 29.1 Å². The summed E-state index contributed by atoms with van der Waals surface area (Å²) < 4.78 is 38.3. The van der Waals surface area contributed by atoms with Crippen LogP contribution in [-0.2, 0) is 11.0 Å². The van der Waals surface area contributed by atoms with Gasteiger partial charge in [0.25, 0.3) is 5.91 Å². The Morgan fingerprint density at radius 3 is 2.40 bits per heavy atom. The summed E-state index contributed by atoms with van der Waals surface area (Å²) in [5.74, 6) is -1.21. The van der Waals surface area contributed by atoms with Crippen LogP contribution in [0.2, 0.25) is 0 Å². The normalized spacial score (nSPS) is 12.7. The maximum absolute atomic E-state index is 12.8. The van der Waals surface area contributed by atoms with E-state index in [0.717, 1.165) is 12.1 Å². The first kappa shape index (κ1) is 19.0.